The number of halogens is 2. The quantitative estimate of drug-likeness (QED) is 0.313. The highest BCUT2D eigenvalue weighted by atomic mass is 19.1. The zero-order chi connectivity index (χ0) is 19.8. The number of benzene rings is 2. The van der Waals surface area contributed by atoms with Gasteiger partial charge in [0.2, 0.25) is 0 Å². The molecule has 0 radical (unpaired) electrons. The maximum Gasteiger partial charge on any atom is 0.135 e. The molecule has 2 aromatic rings. The number of rotatable bonds is 9. The highest BCUT2D eigenvalue weighted by molar-refractivity contribution is 6.01. The van der Waals surface area contributed by atoms with Crippen LogP contribution in [0.5, 0.6) is 11.5 Å². The normalized spacial score (nSPS) is 11.5. The van der Waals surface area contributed by atoms with E-state index in [9.17, 15) is 14.0 Å². The molecule has 0 saturated heterocycles. The van der Waals surface area contributed by atoms with Crippen molar-refractivity contribution in [2.24, 2.45) is 5.16 Å². The average Bonchev–Trinajstić information content (AvgIpc) is 2.67. The Kier molecular flexibility index (Phi) is 7.31. The summed E-state index contributed by atoms with van der Waals surface area (Å²) in [4.78, 5) is 1.88. The standard InChI is InChI=1S/C20H22F2N2O3/c1-4-9-24(12-14-5-7-16(26-2)11-20(14)27-3)13-19(23-25)17-8-6-15(21)10-18(17)22/h4-8,10-11,25H,1,9,12-13H2,2-3H3. The largest absolute Gasteiger partial charge is 0.497 e. The second kappa shape index (κ2) is 9.68. The third-order valence-corrected chi connectivity index (χ3v) is 4.01. The summed E-state index contributed by atoms with van der Waals surface area (Å²) in [7, 11) is 3.13. The lowest BCUT2D eigenvalue weighted by atomic mass is 10.1. The van der Waals surface area contributed by atoms with Gasteiger partial charge in [0, 0.05) is 42.9 Å². The zero-order valence-electron chi connectivity index (χ0n) is 15.3. The van der Waals surface area contributed by atoms with Crippen LogP contribution in [-0.4, -0.2) is 43.1 Å². The van der Waals surface area contributed by atoms with E-state index in [0.29, 0.717) is 24.6 Å². The first-order valence-corrected chi connectivity index (χ1v) is 8.22. The monoisotopic (exact) mass is 376 g/mol. The van der Waals surface area contributed by atoms with Crippen LogP contribution in [0.3, 0.4) is 0 Å². The highest BCUT2D eigenvalue weighted by Gasteiger charge is 2.17. The van der Waals surface area contributed by atoms with Crippen LogP contribution in [0.1, 0.15) is 11.1 Å². The summed E-state index contributed by atoms with van der Waals surface area (Å²) in [5.74, 6) is -0.182. The summed E-state index contributed by atoms with van der Waals surface area (Å²) >= 11 is 0. The Morgan fingerprint density at radius 2 is 1.96 bits per heavy atom. The molecule has 0 bridgehead atoms. The molecule has 0 saturated carbocycles. The molecule has 27 heavy (non-hydrogen) atoms. The topological polar surface area (TPSA) is 54.3 Å². The Labute approximate surface area is 157 Å². The molecule has 0 amide bonds. The van der Waals surface area contributed by atoms with Crippen molar-refractivity contribution >= 4 is 5.71 Å². The van der Waals surface area contributed by atoms with Crippen LogP contribution in [-0.2, 0) is 6.54 Å². The Balaban J connectivity index is 2.25. The summed E-state index contributed by atoms with van der Waals surface area (Å²) in [6, 6.07) is 8.56. The van der Waals surface area contributed by atoms with Crippen molar-refractivity contribution < 1.29 is 23.5 Å². The summed E-state index contributed by atoms with van der Waals surface area (Å²) < 4.78 is 37.8. The summed E-state index contributed by atoms with van der Waals surface area (Å²) in [5, 5.41) is 12.6. The van der Waals surface area contributed by atoms with Crippen molar-refractivity contribution in [1.82, 2.24) is 4.90 Å². The van der Waals surface area contributed by atoms with Gasteiger partial charge in [0.1, 0.15) is 28.8 Å². The lowest BCUT2D eigenvalue weighted by Crippen LogP contribution is -2.31. The third-order valence-electron chi connectivity index (χ3n) is 4.01. The van der Waals surface area contributed by atoms with E-state index in [1.54, 1.807) is 26.4 Å². The molecule has 0 aliphatic carbocycles. The van der Waals surface area contributed by atoms with Crippen LogP contribution >= 0.6 is 0 Å². The van der Waals surface area contributed by atoms with Gasteiger partial charge in [-0.05, 0) is 18.2 Å². The lowest BCUT2D eigenvalue weighted by Gasteiger charge is -2.22. The fraction of sp³-hybridized carbons (Fsp3) is 0.250. The van der Waals surface area contributed by atoms with E-state index < -0.39 is 11.6 Å². The molecule has 0 atom stereocenters. The molecule has 144 valence electrons. The number of oxime groups is 1. The minimum absolute atomic E-state index is 0.0367. The molecule has 7 heteroatoms. The van der Waals surface area contributed by atoms with Crippen LogP contribution in [0.25, 0.3) is 0 Å². The zero-order valence-corrected chi connectivity index (χ0v) is 15.3. The van der Waals surface area contributed by atoms with Crippen molar-refractivity contribution in [3.63, 3.8) is 0 Å². The Morgan fingerprint density at radius 1 is 1.19 bits per heavy atom. The van der Waals surface area contributed by atoms with Gasteiger partial charge in [0.15, 0.2) is 0 Å². The van der Waals surface area contributed by atoms with Gasteiger partial charge in [-0.3, -0.25) is 4.90 Å². The molecule has 0 unspecified atom stereocenters. The van der Waals surface area contributed by atoms with Crippen LogP contribution in [0.4, 0.5) is 8.78 Å². The Hall–Kier alpha value is -2.93. The minimum Gasteiger partial charge on any atom is -0.497 e. The van der Waals surface area contributed by atoms with Crippen LogP contribution in [0.15, 0.2) is 54.2 Å². The van der Waals surface area contributed by atoms with E-state index >= 15 is 0 Å². The fourth-order valence-corrected chi connectivity index (χ4v) is 2.70. The van der Waals surface area contributed by atoms with Crippen LogP contribution < -0.4 is 9.47 Å². The van der Waals surface area contributed by atoms with Crippen molar-refractivity contribution in [1.29, 1.82) is 0 Å². The maximum atomic E-state index is 14.0. The molecule has 1 N–H and O–H groups in total. The van der Waals surface area contributed by atoms with Crippen molar-refractivity contribution in [2.75, 3.05) is 27.3 Å². The average molecular weight is 376 g/mol. The fourth-order valence-electron chi connectivity index (χ4n) is 2.70. The second-order valence-electron chi connectivity index (χ2n) is 5.81. The Morgan fingerprint density at radius 3 is 2.56 bits per heavy atom. The van der Waals surface area contributed by atoms with Gasteiger partial charge in [-0.2, -0.15) is 0 Å². The lowest BCUT2D eigenvalue weighted by molar-refractivity contribution is 0.299. The van der Waals surface area contributed by atoms with Gasteiger partial charge in [0.25, 0.3) is 0 Å². The van der Waals surface area contributed by atoms with E-state index in [-0.39, 0.29) is 17.8 Å². The van der Waals surface area contributed by atoms with Crippen molar-refractivity contribution in [2.45, 2.75) is 6.54 Å². The van der Waals surface area contributed by atoms with Crippen LogP contribution in [0, 0.1) is 11.6 Å². The van der Waals surface area contributed by atoms with Gasteiger partial charge >= 0.3 is 0 Å². The van der Waals surface area contributed by atoms with E-state index in [1.807, 2.05) is 17.0 Å². The molecular weight excluding hydrogens is 354 g/mol. The highest BCUT2D eigenvalue weighted by Crippen LogP contribution is 2.26. The number of ether oxygens (including phenoxy) is 2. The Bertz CT molecular complexity index is 825. The number of hydrogen-bond donors (Lipinski definition) is 1. The first kappa shape index (κ1) is 20.4. The molecule has 0 heterocycles. The van der Waals surface area contributed by atoms with E-state index in [4.69, 9.17) is 9.47 Å². The summed E-state index contributed by atoms with van der Waals surface area (Å²) in [6.45, 7) is 4.74. The molecule has 0 fully saturated rings. The van der Waals surface area contributed by atoms with Crippen LogP contribution in [0.2, 0.25) is 0 Å². The SMILES string of the molecule is C=CCN(CC(=NO)c1ccc(F)cc1F)Cc1ccc(OC)cc1OC. The molecule has 2 aromatic carbocycles. The predicted molar refractivity (Wildman–Crippen MR) is 99.7 cm³/mol. The molecule has 2 rings (SSSR count). The molecule has 0 spiro atoms. The number of hydrogen-bond acceptors (Lipinski definition) is 5. The summed E-state index contributed by atoms with van der Waals surface area (Å²) in [5.41, 5.74) is 0.994. The number of nitrogens with zero attached hydrogens (tertiary/aromatic N) is 2. The van der Waals surface area contributed by atoms with Crippen molar-refractivity contribution in [3.8, 4) is 11.5 Å². The molecule has 0 aromatic heterocycles. The minimum atomic E-state index is -0.789. The van der Waals surface area contributed by atoms with Gasteiger partial charge < -0.3 is 14.7 Å². The molecular formula is C20H22F2N2O3. The third kappa shape index (κ3) is 5.27. The van der Waals surface area contributed by atoms with E-state index in [0.717, 1.165) is 17.7 Å². The first-order valence-electron chi connectivity index (χ1n) is 8.22. The van der Waals surface area contributed by atoms with Crippen molar-refractivity contribution in [3.05, 3.63) is 71.8 Å². The van der Waals surface area contributed by atoms with Gasteiger partial charge in [0.05, 0.1) is 14.2 Å². The maximum absolute atomic E-state index is 14.0. The molecule has 5 nitrogen and oxygen atoms in total. The summed E-state index contributed by atoms with van der Waals surface area (Å²) in [6.07, 6.45) is 1.69. The smallest absolute Gasteiger partial charge is 0.135 e. The van der Waals surface area contributed by atoms with Gasteiger partial charge in [-0.25, -0.2) is 8.78 Å². The molecule has 0 aliphatic rings. The molecule has 0 aliphatic heterocycles. The number of methoxy groups -OCH3 is 2. The predicted octanol–water partition coefficient (Wildman–Crippen LogP) is 3.85. The van der Waals surface area contributed by atoms with Gasteiger partial charge in [-0.1, -0.05) is 17.3 Å². The van der Waals surface area contributed by atoms with E-state index in [2.05, 4.69) is 11.7 Å². The van der Waals surface area contributed by atoms with E-state index in [1.165, 1.54) is 6.07 Å². The van der Waals surface area contributed by atoms with Gasteiger partial charge in [-0.15, -0.1) is 6.58 Å². The first-order chi connectivity index (χ1) is 13.0. The second-order valence-corrected chi connectivity index (χ2v) is 5.81.